The number of nitrogens with one attached hydrogen (secondary N) is 1. The Kier molecular flexibility index (Phi) is 6.65. The predicted octanol–water partition coefficient (Wildman–Crippen LogP) is 3.85. The monoisotopic (exact) mass is 255 g/mol. The molecule has 0 amide bonds. The van der Waals surface area contributed by atoms with E-state index in [0.29, 0.717) is 30.1 Å². The van der Waals surface area contributed by atoms with Crippen molar-refractivity contribution < 1.29 is 4.74 Å². The number of hydrogen-bond donors (Lipinski definition) is 1. The van der Waals surface area contributed by atoms with Gasteiger partial charge in [0.1, 0.15) is 0 Å². The van der Waals surface area contributed by atoms with Crippen LogP contribution in [0.3, 0.4) is 0 Å². The molecule has 1 aliphatic rings. The summed E-state index contributed by atoms with van der Waals surface area (Å²) in [5.74, 6) is 2.16. The molecule has 0 spiro atoms. The molecule has 0 aromatic rings. The van der Waals surface area contributed by atoms with Gasteiger partial charge in [-0.25, -0.2) is 0 Å². The van der Waals surface area contributed by atoms with E-state index in [4.69, 9.17) is 4.74 Å². The first-order chi connectivity index (χ1) is 8.47. The topological polar surface area (TPSA) is 21.3 Å². The molecule has 0 aromatic heterocycles. The van der Waals surface area contributed by atoms with Crippen LogP contribution in [0.4, 0.5) is 0 Å². The highest BCUT2D eigenvalue weighted by atomic mass is 16.5. The van der Waals surface area contributed by atoms with Gasteiger partial charge in [-0.3, -0.25) is 0 Å². The van der Waals surface area contributed by atoms with Crippen LogP contribution >= 0.6 is 0 Å². The van der Waals surface area contributed by atoms with Gasteiger partial charge in [-0.15, -0.1) is 0 Å². The van der Waals surface area contributed by atoms with E-state index < -0.39 is 0 Å². The Hall–Kier alpha value is -0.0800. The highest BCUT2D eigenvalue weighted by Crippen LogP contribution is 2.36. The number of rotatable bonds is 7. The number of ether oxygens (including phenoxy) is 1. The van der Waals surface area contributed by atoms with Gasteiger partial charge in [0.15, 0.2) is 0 Å². The second kappa shape index (κ2) is 7.49. The van der Waals surface area contributed by atoms with E-state index in [-0.39, 0.29) is 0 Å². The third kappa shape index (κ3) is 4.24. The molecule has 0 radical (unpaired) electrons. The van der Waals surface area contributed by atoms with Crippen molar-refractivity contribution in [2.24, 2.45) is 17.8 Å². The van der Waals surface area contributed by atoms with Crippen LogP contribution in [0.2, 0.25) is 0 Å². The fourth-order valence-electron chi connectivity index (χ4n) is 3.43. The van der Waals surface area contributed by atoms with Gasteiger partial charge in [-0.1, -0.05) is 40.5 Å². The normalized spacial score (nSPS) is 34.2. The minimum absolute atomic E-state index is 0.401. The van der Waals surface area contributed by atoms with Gasteiger partial charge < -0.3 is 10.1 Å². The lowest BCUT2D eigenvalue weighted by atomic mass is 9.81. The summed E-state index contributed by atoms with van der Waals surface area (Å²) in [4.78, 5) is 0. The molecule has 1 N–H and O–H groups in total. The molecule has 0 aromatic carbocycles. The first-order valence-electron chi connectivity index (χ1n) is 7.86. The SMILES string of the molecule is CCNC(CCCC(C)C)C1C(C)OC(C)C1C. The molecule has 1 heterocycles. The lowest BCUT2D eigenvalue weighted by molar-refractivity contribution is 0.0471. The van der Waals surface area contributed by atoms with Crippen LogP contribution in [0, 0.1) is 17.8 Å². The zero-order chi connectivity index (χ0) is 13.7. The molecule has 1 fully saturated rings. The van der Waals surface area contributed by atoms with Crippen molar-refractivity contribution >= 4 is 0 Å². The summed E-state index contributed by atoms with van der Waals surface area (Å²) in [5, 5.41) is 3.70. The molecule has 1 rings (SSSR count). The van der Waals surface area contributed by atoms with E-state index in [2.05, 4.69) is 46.9 Å². The van der Waals surface area contributed by atoms with Crippen molar-refractivity contribution in [1.82, 2.24) is 5.32 Å². The van der Waals surface area contributed by atoms with Crippen LogP contribution < -0.4 is 5.32 Å². The average Bonchev–Trinajstić information content (AvgIpc) is 2.52. The highest BCUT2D eigenvalue weighted by molar-refractivity contribution is 4.91. The number of hydrogen-bond acceptors (Lipinski definition) is 2. The second-order valence-corrected chi connectivity index (χ2v) is 6.47. The van der Waals surface area contributed by atoms with E-state index in [9.17, 15) is 0 Å². The molecular formula is C16H33NO. The molecule has 5 unspecified atom stereocenters. The predicted molar refractivity (Wildman–Crippen MR) is 78.8 cm³/mol. The Labute approximate surface area is 114 Å². The van der Waals surface area contributed by atoms with Gasteiger partial charge in [0, 0.05) is 12.0 Å². The van der Waals surface area contributed by atoms with Crippen molar-refractivity contribution in [2.45, 2.75) is 79.1 Å². The average molecular weight is 255 g/mol. The van der Waals surface area contributed by atoms with Crippen molar-refractivity contribution in [3.8, 4) is 0 Å². The lowest BCUT2D eigenvalue weighted by Crippen LogP contribution is -2.41. The summed E-state index contributed by atoms with van der Waals surface area (Å²) < 4.78 is 6.00. The van der Waals surface area contributed by atoms with Gasteiger partial charge in [0.25, 0.3) is 0 Å². The molecule has 0 aliphatic carbocycles. The third-order valence-corrected chi connectivity index (χ3v) is 4.55. The van der Waals surface area contributed by atoms with Gasteiger partial charge >= 0.3 is 0 Å². The van der Waals surface area contributed by atoms with Crippen molar-refractivity contribution in [2.75, 3.05) is 6.54 Å². The molecule has 1 aliphatic heterocycles. The van der Waals surface area contributed by atoms with E-state index in [1.54, 1.807) is 0 Å². The molecule has 0 bridgehead atoms. The molecule has 2 nitrogen and oxygen atoms in total. The summed E-state index contributed by atoms with van der Waals surface area (Å²) in [5.41, 5.74) is 0. The Morgan fingerprint density at radius 1 is 1.06 bits per heavy atom. The Morgan fingerprint density at radius 2 is 1.72 bits per heavy atom. The maximum absolute atomic E-state index is 6.00. The summed E-state index contributed by atoms with van der Waals surface area (Å²) in [6, 6.07) is 0.628. The zero-order valence-electron chi connectivity index (χ0n) is 13.2. The van der Waals surface area contributed by atoms with E-state index in [1.807, 2.05) is 0 Å². The van der Waals surface area contributed by atoms with Crippen LogP contribution in [0.1, 0.15) is 60.8 Å². The highest BCUT2D eigenvalue weighted by Gasteiger charge is 2.40. The molecule has 18 heavy (non-hydrogen) atoms. The third-order valence-electron chi connectivity index (χ3n) is 4.55. The molecule has 1 saturated heterocycles. The fraction of sp³-hybridized carbons (Fsp3) is 1.00. The first-order valence-corrected chi connectivity index (χ1v) is 7.86. The van der Waals surface area contributed by atoms with Crippen LogP contribution in [-0.4, -0.2) is 24.8 Å². The molecule has 5 atom stereocenters. The minimum Gasteiger partial charge on any atom is -0.375 e. The summed E-state index contributed by atoms with van der Waals surface area (Å²) in [6.07, 6.45) is 4.78. The molecule has 108 valence electrons. The molecule has 2 heteroatoms. The van der Waals surface area contributed by atoms with E-state index >= 15 is 0 Å². The van der Waals surface area contributed by atoms with Crippen LogP contribution in [0.5, 0.6) is 0 Å². The van der Waals surface area contributed by atoms with Gasteiger partial charge in [0.05, 0.1) is 12.2 Å². The van der Waals surface area contributed by atoms with Gasteiger partial charge in [0.2, 0.25) is 0 Å². The lowest BCUT2D eigenvalue weighted by Gasteiger charge is -2.30. The first kappa shape index (κ1) is 16.0. The Balaban J connectivity index is 2.54. The maximum Gasteiger partial charge on any atom is 0.0597 e. The summed E-state index contributed by atoms with van der Waals surface area (Å²) in [6.45, 7) is 14.7. The van der Waals surface area contributed by atoms with Crippen LogP contribution in [0.15, 0.2) is 0 Å². The van der Waals surface area contributed by atoms with Crippen molar-refractivity contribution in [3.63, 3.8) is 0 Å². The largest absolute Gasteiger partial charge is 0.375 e. The standard InChI is InChI=1S/C16H33NO/c1-7-17-15(10-8-9-11(2)3)16-12(4)13(5)18-14(16)6/h11-17H,7-10H2,1-6H3. The summed E-state index contributed by atoms with van der Waals surface area (Å²) >= 11 is 0. The van der Waals surface area contributed by atoms with Crippen molar-refractivity contribution in [1.29, 1.82) is 0 Å². The second-order valence-electron chi connectivity index (χ2n) is 6.47. The van der Waals surface area contributed by atoms with E-state index in [0.717, 1.165) is 12.5 Å². The fourth-order valence-corrected chi connectivity index (χ4v) is 3.43. The quantitative estimate of drug-likeness (QED) is 0.746. The van der Waals surface area contributed by atoms with Crippen LogP contribution in [0.25, 0.3) is 0 Å². The van der Waals surface area contributed by atoms with Crippen LogP contribution in [-0.2, 0) is 4.74 Å². The van der Waals surface area contributed by atoms with Crippen molar-refractivity contribution in [3.05, 3.63) is 0 Å². The molecule has 0 saturated carbocycles. The summed E-state index contributed by atoms with van der Waals surface area (Å²) in [7, 11) is 0. The minimum atomic E-state index is 0.401. The van der Waals surface area contributed by atoms with Gasteiger partial charge in [-0.2, -0.15) is 0 Å². The van der Waals surface area contributed by atoms with E-state index in [1.165, 1.54) is 19.3 Å². The Bertz CT molecular complexity index is 229. The smallest absolute Gasteiger partial charge is 0.0597 e. The Morgan fingerprint density at radius 3 is 2.17 bits per heavy atom. The maximum atomic E-state index is 6.00. The van der Waals surface area contributed by atoms with Gasteiger partial charge in [-0.05, 0) is 38.6 Å². The zero-order valence-corrected chi connectivity index (χ0v) is 13.2. The molecular weight excluding hydrogens is 222 g/mol.